The molecule has 2 unspecified atom stereocenters. The molecule has 0 aliphatic carbocycles. The molecule has 0 aliphatic rings. The third-order valence-corrected chi connectivity index (χ3v) is 4.66. The third-order valence-electron chi connectivity index (χ3n) is 4.41. The summed E-state index contributed by atoms with van der Waals surface area (Å²) in [6.45, 7) is 4.43. The van der Waals surface area contributed by atoms with Gasteiger partial charge in [-0.05, 0) is 35.8 Å². The summed E-state index contributed by atoms with van der Waals surface area (Å²) in [5.41, 5.74) is 6.86. The molecule has 7 heteroatoms. The molecular formula is C21H26N4O2S. The molecule has 28 heavy (non-hydrogen) atoms. The summed E-state index contributed by atoms with van der Waals surface area (Å²) in [5, 5.41) is 6.13. The summed E-state index contributed by atoms with van der Waals surface area (Å²) in [6.07, 6.45) is 0.740. The van der Waals surface area contributed by atoms with Gasteiger partial charge in [0.1, 0.15) is 6.04 Å². The van der Waals surface area contributed by atoms with Gasteiger partial charge < -0.3 is 10.6 Å². The molecule has 4 N–H and O–H groups in total. The molecule has 148 valence electrons. The van der Waals surface area contributed by atoms with Gasteiger partial charge in [-0.2, -0.15) is 0 Å². The number of carbonyl (C=O) groups is 2. The van der Waals surface area contributed by atoms with E-state index in [1.54, 1.807) is 24.3 Å². The van der Waals surface area contributed by atoms with E-state index >= 15 is 0 Å². The van der Waals surface area contributed by atoms with E-state index in [-0.39, 0.29) is 17.7 Å². The Kier molecular flexibility index (Phi) is 8.42. The Labute approximate surface area is 171 Å². The lowest BCUT2D eigenvalue weighted by atomic mass is 9.98. The first-order chi connectivity index (χ1) is 13.5. The molecule has 0 heterocycles. The van der Waals surface area contributed by atoms with E-state index in [1.807, 2.05) is 50.2 Å². The first-order valence-electron chi connectivity index (χ1n) is 9.24. The zero-order valence-corrected chi connectivity index (χ0v) is 16.9. The Hall–Kier alpha value is -2.93. The molecule has 0 spiro atoms. The van der Waals surface area contributed by atoms with E-state index in [2.05, 4.69) is 21.5 Å². The SMILES string of the molecule is CCC(C)C(NC(=O)c1ccccc1)C(=O)NNC(=S)NCc1ccccc1. The zero-order valence-electron chi connectivity index (χ0n) is 16.1. The molecule has 0 fully saturated rings. The Morgan fingerprint density at radius 3 is 2.18 bits per heavy atom. The second-order valence-electron chi connectivity index (χ2n) is 6.49. The van der Waals surface area contributed by atoms with Gasteiger partial charge in [-0.1, -0.05) is 68.8 Å². The van der Waals surface area contributed by atoms with Gasteiger partial charge in [0.2, 0.25) is 0 Å². The first kappa shape index (κ1) is 21.4. The van der Waals surface area contributed by atoms with Crippen molar-refractivity contribution in [2.24, 2.45) is 5.92 Å². The standard InChI is InChI=1S/C21H26N4O2S/c1-3-15(2)18(23-19(26)17-12-8-5-9-13-17)20(27)24-25-21(28)22-14-16-10-6-4-7-11-16/h4-13,15,18H,3,14H2,1-2H3,(H,23,26)(H,24,27)(H2,22,25,28). The molecule has 0 aliphatic heterocycles. The van der Waals surface area contributed by atoms with Crippen LogP contribution in [0.5, 0.6) is 0 Å². The van der Waals surface area contributed by atoms with Gasteiger partial charge in [-0.15, -0.1) is 0 Å². The van der Waals surface area contributed by atoms with Gasteiger partial charge >= 0.3 is 0 Å². The summed E-state index contributed by atoms with van der Waals surface area (Å²) in [7, 11) is 0. The van der Waals surface area contributed by atoms with E-state index in [0.717, 1.165) is 12.0 Å². The van der Waals surface area contributed by atoms with Crippen molar-refractivity contribution in [3.05, 3.63) is 71.8 Å². The molecule has 2 rings (SSSR count). The number of carbonyl (C=O) groups excluding carboxylic acids is 2. The number of amides is 2. The van der Waals surface area contributed by atoms with Crippen LogP contribution in [-0.2, 0) is 11.3 Å². The van der Waals surface area contributed by atoms with Crippen molar-refractivity contribution in [1.82, 2.24) is 21.5 Å². The van der Waals surface area contributed by atoms with Gasteiger partial charge in [-0.25, -0.2) is 0 Å². The highest BCUT2D eigenvalue weighted by atomic mass is 32.1. The van der Waals surface area contributed by atoms with Gasteiger partial charge in [0.05, 0.1) is 0 Å². The molecule has 0 saturated heterocycles. The average molecular weight is 399 g/mol. The van der Waals surface area contributed by atoms with E-state index in [0.29, 0.717) is 17.2 Å². The molecule has 2 amide bonds. The van der Waals surface area contributed by atoms with Crippen LogP contribution in [0.3, 0.4) is 0 Å². The number of nitrogens with one attached hydrogen (secondary N) is 4. The lowest BCUT2D eigenvalue weighted by Gasteiger charge is -2.24. The highest BCUT2D eigenvalue weighted by Gasteiger charge is 2.26. The normalized spacial score (nSPS) is 12.4. The third kappa shape index (κ3) is 6.66. The first-order valence-corrected chi connectivity index (χ1v) is 9.65. The molecule has 2 aromatic rings. The van der Waals surface area contributed by atoms with Crippen molar-refractivity contribution in [1.29, 1.82) is 0 Å². The molecule has 6 nitrogen and oxygen atoms in total. The Morgan fingerprint density at radius 1 is 0.964 bits per heavy atom. The highest BCUT2D eigenvalue weighted by Crippen LogP contribution is 2.09. The maximum absolute atomic E-state index is 12.6. The van der Waals surface area contributed by atoms with Crippen molar-refractivity contribution in [2.45, 2.75) is 32.9 Å². The predicted molar refractivity (Wildman–Crippen MR) is 114 cm³/mol. The minimum Gasteiger partial charge on any atom is -0.357 e. The number of benzene rings is 2. The largest absolute Gasteiger partial charge is 0.357 e. The number of thiocarbonyl (C=S) groups is 1. The van der Waals surface area contributed by atoms with E-state index < -0.39 is 6.04 Å². The maximum Gasteiger partial charge on any atom is 0.261 e. The van der Waals surface area contributed by atoms with Crippen LogP contribution in [0.4, 0.5) is 0 Å². The fourth-order valence-electron chi connectivity index (χ4n) is 2.53. The number of rotatable bonds is 7. The van der Waals surface area contributed by atoms with Crippen molar-refractivity contribution in [2.75, 3.05) is 0 Å². The van der Waals surface area contributed by atoms with Crippen molar-refractivity contribution < 1.29 is 9.59 Å². The molecule has 2 atom stereocenters. The molecular weight excluding hydrogens is 372 g/mol. The van der Waals surface area contributed by atoms with Crippen LogP contribution < -0.4 is 21.5 Å². The van der Waals surface area contributed by atoms with Crippen LogP contribution in [0.2, 0.25) is 0 Å². The highest BCUT2D eigenvalue weighted by molar-refractivity contribution is 7.80. The number of hydrogen-bond acceptors (Lipinski definition) is 3. The van der Waals surface area contributed by atoms with Gasteiger partial charge in [0.15, 0.2) is 5.11 Å². The fraction of sp³-hybridized carbons (Fsp3) is 0.286. The van der Waals surface area contributed by atoms with Crippen molar-refractivity contribution in [3.63, 3.8) is 0 Å². The minimum atomic E-state index is -0.679. The maximum atomic E-state index is 12.6. The van der Waals surface area contributed by atoms with Crippen LogP contribution in [0.25, 0.3) is 0 Å². The quantitative estimate of drug-likeness (QED) is 0.426. The van der Waals surface area contributed by atoms with Crippen LogP contribution in [-0.4, -0.2) is 23.0 Å². The Balaban J connectivity index is 1.88. The monoisotopic (exact) mass is 398 g/mol. The zero-order chi connectivity index (χ0) is 20.4. The van der Waals surface area contributed by atoms with Gasteiger partial charge in [-0.3, -0.25) is 20.4 Å². The van der Waals surface area contributed by atoms with Crippen LogP contribution in [0, 0.1) is 5.92 Å². The van der Waals surface area contributed by atoms with E-state index in [4.69, 9.17) is 12.2 Å². The molecule has 0 radical (unpaired) electrons. The average Bonchev–Trinajstić information content (AvgIpc) is 2.75. The summed E-state index contributed by atoms with van der Waals surface area (Å²) in [4.78, 5) is 25.0. The fourth-order valence-corrected chi connectivity index (χ4v) is 2.66. The van der Waals surface area contributed by atoms with Gasteiger partial charge in [0, 0.05) is 12.1 Å². The van der Waals surface area contributed by atoms with Crippen LogP contribution in [0.1, 0.15) is 36.2 Å². The Bertz CT molecular complexity index is 784. The predicted octanol–water partition coefficient (Wildman–Crippen LogP) is 2.53. The smallest absolute Gasteiger partial charge is 0.261 e. The summed E-state index contributed by atoms with van der Waals surface area (Å²) >= 11 is 5.19. The second-order valence-corrected chi connectivity index (χ2v) is 6.89. The molecule has 0 aromatic heterocycles. The summed E-state index contributed by atoms with van der Waals surface area (Å²) in [6, 6.07) is 17.9. The molecule has 2 aromatic carbocycles. The lowest BCUT2D eigenvalue weighted by Crippen LogP contribution is -2.56. The molecule has 0 saturated carbocycles. The summed E-state index contributed by atoms with van der Waals surface area (Å²) < 4.78 is 0. The van der Waals surface area contributed by atoms with Crippen molar-refractivity contribution in [3.8, 4) is 0 Å². The summed E-state index contributed by atoms with van der Waals surface area (Å²) in [5.74, 6) is -0.673. The van der Waals surface area contributed by atoms with Crippen LogP contribution in [0.15, 0.2) is 60.7 Å². The Morgan fingerprint density at radius 2 is 1.57 bits per heavy atom. The second kappa shape index (κ2) is 11.0. The number of hydrazine groups is 1. The molecule has 0 bridgehead atoms. The number of hydrogen-bond donors (Lipinski definition) is 4. The van der Waals surface area contributed by atoms with E-state index in [9.17, 15) is 9.59 Å². The van der Waals surface area contributed by atoms with Crippen molar-refractivity contribution >= 4 is 29.1 Å². The van der Waals surface area contributed by atoms with E-state index in [1.165, 1.54) is 0 Å². The lowest BCUT2D eigenvalue weighted by molar-refractivity contribution is -0.124. The van der Waals surface area contributed by atoms with Gasteiger partial charge in [0.25, 0.3) is 11.8 Å². The minimum absolute atomic E-state index is 0.0414. The topological polar surface area (TPSA) is 82.3 Å². The van der Waals surface area contributed by atoms with Crippen LogP contribution >= 0.6 is 12.2 Å².